The molecule has 0 saturated heterocycles. The maximum Gasteiger partial charge on any atom is 0.240 e. The Morgan fingerprint density at radius 3 is 2.47 bits per heavy atom. The summed E-state index contributed by atoms with van der Waals surface area (Å²) in [5.41, 5.74) is 0. The lowest BCUT2D eigenvalue weighted by Crippen LogP contribution is -2.33. The van der Waals surface area contributed by atoms with E-state index in [0.717, 1.165) is 12.8 Å². The van der Waals surface area contributed by atoms with Gasteiger partial charge in [-0.25, -0.2) is 13.1 Å². The number of aliphatic hydroxyl groups is 1. The molecule has 1 aromatic rings. The second-order valence-corrected chi connectivity index (χ2v) is 6.41. The number of hydrogen-bond donors (Lipinski definition) is 2. The molecule has 0 bridgehead atoms. The zero-order valence-corrected chi connectivity index (χ0v) is 10.7. The Morgan fingerprint density at radius 1 is 1.35 bits per heavy atom. The van der Waals surface area contributed by atoms with Crippen LogP contribution in [-0.4, -0.2) is 26.2 Å². The Kier molecular flexibility index (Phi) is 3.73. The van der Waals surface area contributed by atoms with Gasteiger partial charge in [-0.15, -0.1) is 0 Å². The van der Waals surface area contributed by atoms with E-state index in [1.807, 2.05) is 0 Å². The van der Waals surface area contributed by atoms with Crippen LogP contribution in [0.1, 0.15) is 12.8 Å². The van der Waals surface area contributed by atoms with Crippen LogP contribution in [0.15, 0.2) is 29.2 Å². The Morgan fingerprint density at radius 2 is 1.94 bits per heavy atom. The van der Waals surface area contributed by atoms with Crippen molar-refractivity contribution in [1.29, 1.82) is 0 Å². The number of hydrogen-bond acceptors (Lipinski definition) is 3. The summed E-state index contributed by atoms with van der Waals surface area (Å²) in [6, 6.07) is 5.92. The minimum absolute atomic E-state index is 0.0651. The summed E-state index contributed by atoms with van der Waals surface area (Å²) in [6.45, 7) is 0.0651. The second-order valence-electron chi connectivity index (χ2n) is 4.21. The van der Waals surface area contributed by atoms with Crippen LogP contribution in [0, 0.1) is 5.92 Å². The van der Waals surface area contributed by atoms with E-state index in [2.05, 4.69) is 4.72 Å². The van der Waals surface area contributed by atoms with Crippen LogP contribution >= 0.6 is 11.6 Å². The van der Waals surface area contributed by atoms with Crippen molar-refractivity contribution in [1.82, 2.24) is 4.72 Å². The first-order valence-corrected chi connectivity index (χ1v) is 7.28. The zero-order chi connectivity index (χ0) is 12.5. The number of benzene rings is 1. The third-order valence-corrected chi connectivity index (χ3v) is 4.46. The van der Waals surface area contributed by atoms with Gasteiger partial charge in [0.2, 0.25) is 10.0 Å². The summed E-state index contributed by atoms with van der Waals surface area (Å²) in [6.07, 6.45) is 1.37. The van der Waals surface area contributed by atoms with Gasteiger partial charge >= 0.3 is 0 Å². The summed E-state index contributed by atoms with van der Waals surface area (Å²) < 4.78 is 26.0. The largest absolute Gasteiger partial charge is 0.391 e. The molecule has 1 aromatic carbocycles. The van der Waals surface area contributed by atoms with Crippen molar-refractivity contribution in [3.05, 3.63) is 29.3 Å². The molecule has 1 atom stereocenters. The molecule has 0 aromatic heterocycles. The quantitative estimate of drug-likeness (QED) is 0.853. The highest BCUT2D eigenvalue weighted by Gasteiger charge is 2.30. The van der Waals surface area contributed by atoms with Crippen LogP contribution in [0.25, 0.3) is 0 Å². The SMILES string of the molecule is O=S(=O)(NCC(O)C1CC1)c1ccc(Cl)cc1. The van der Waals surface area contributed by atoms with Crippen LogP contribution < -0.4 is 4.72 Å². The first-order chi connectivity index (χ1) is 7.99. The number of nitrogens with one attached hydrogen (secondary N) is 1. The fourth-order valence-corrected chi connectivity index (χ4v) is 2.72. The number of aliphatic hydroxyl groups excluding tert-OH is 1. The Labute approximate surface area is 106 Å². The molecule has 17 heavy (non-hydrogen) atoms. The van der Waals surface area contributed by atoms with Crippen molar-refractivity contribution in [2.75, 3.05) is 6.54 Å². The molecule has 1 fully saturated rings. The van der Waals surface area contributed by atoms with E-state index in [9.17, 15) is 13.5 Å². The standard InChI is InChI=1S/C11H14ClNO3S/c12-9-3-5-10(6-4-9)17(15,16)13-7-11(14)8-1-2-8/h3-6,8,11,13-14H,1-2,7H2. The van der Waals surface area contributed by atoms with Crippen molar-refractivity contribution in [2.24, 2.45) is 5.92 Å². The minimum Gasteiger partial charge on any atom is -0.391 e. The molecule has 0 heterocycles. The summed E-state index contributed by atoms with van der Waals surface area (Å²) in [5, 5.41) is 10.1. The lowest BCUT2D eigenvalue weighted by Gasteiger charge is -2.11. The molecule has 0 amide bonds. The Balaban J connectivity index is 2.00. The van der Waals surface area contributed by atoms with Gasteiger partial charge in [-0.2, -0.15) is 0 Å². The summed E-state index contributed by atoms with van der Waals surface area (Å²) in [5.74, 6) is 0.253. The van der Waals surface area contributed by atoms with Crippen LogP contribution in [0.3, 0.4) is 0 Å². The molecular formula is C11H14ClNO3S. The van der Waals surface area contributed by atoms with Gasteiger partial charge in [0.1, 0.15) is 0 Å². The van der Waals surface area contributed by atoms with Crippen LogP contribution in [-0.2, 0) is 10.0 Å². The topological polar surface area (TPSA) is 66.4 Å². The molecule has 6 heteroatoms. The average Bonchev–Trinajstić information content (AvgIpc) is 3.10. The zero-order valence-electron chi connectivity index (χ0n) is 9.14. The summed E-state index contributed by atoms with van der Waals surface area (Å²) in [7, 11) is -3.55. The maximum atomic E-state index is 11.8. The molecular weight excluding hydrogens is 262 g/mol. The van der Waals surface area contributed by atoms with Gasteiger partial charge in [-0.3, -0.25) is 0 Å². The maximum absolute atomic E-state index is 11.8. The predicted octanol–water partition coefficient (Wildman–Crippen LogP) is 1.39. The lowest BCUT2D eigenvalue weighted by molar-refractivity contribution is 0.155. The third-order valence-electron chi connectivity index (χ3n) is 2.77. The van der Waals surface area contributed by atoms with Crippen molar-refractivity contribution in [3.63, 3.8) is 0 Å². The van der Waals surface area contributed by atoms with E-state index in [1.54, 1.807) is 0 Å². The molecule has 1 aliphatic rings. The molecule has 1 saturated carbocycles. The minimum atomic E-state index is -3.55. The summed E-state index contributed by atoms with van der Waals surface area (Å²) >= 11 is 5.68. The highest BCUT2D eigenvalue weighted by molar-refractivity contribution is 7.89. The second kappa shape index (κ2) is 4.94. The van der Waals surface area contributed by atoms with Crippen LogP contribution in [0.2, 0.25) is 5.02 Å². The normalized spacial score (nSPS) is 18.0. The van der Waals surface area contributed by atoms with Crippen molar-refractivity contribution >= 4 is 21.6 Å². The van der Waals surface area contributed by atoms with Gasteiger partial charge in [0.05, 0.1) is 11.0 Å². The molecule has 0 radical (unpaired) electrons. The van der Waals surface area contributed by atoms with Gasteiger partial charge in [0, 0.05) is 11.6 Å². The van der Waals surface area contributed by atoms with E-state index in [0.29, 0.717) is 5.02 Å². The third kappa shape index (κ3) is 3.42. The lowest BCUT2D eigenvalue weighted by atomic mass is 10.2. The molecule has 1 aliphatic carbocycles. The number of sulfonamides is 1. The number of rotatable bonds is 5. The van der Waals surface area contributed by atoms with Gasteiger partial charge in [0.15, 0.2) is 0 Å². The van der Waals surface area contributed by atoms with E-state index in [4.69, 9.17) is 11.6 Å². The van der Waals surface area contributed by atoms with Gasteiger partial charge < -0.3 is 5.11 Å². The Bertz CT molecular complexity index is 482. The molecule has 1 unspecified atom stereocenters. The van der Waals surface area contributed by atoms with Gasteiger partial charge in [-0.1, -0.05) is 11.6 Å². The van der Waals surface area contributed by atoms with Crippen LogP contribution in [0.4, 0.5) is 0 Å². The van der Waals surface area contributed by atoms with Crippen molar-refractivity contribution in [3.8, 4) is 0 Å². The fraction of sp³-hybridized carbons (Fsp3) is 0.455. The first-order valence-electron chi connectivity index (χ1n) is 5.42. The average molecular weight is 276 g/mol. The van der Waals surface area contributed by atoms with Crippen LogP contribution in [0.5, 0.6) is 0 Å². The first kappa shape index (κ1) is 12.8. The predicted molar refractivity (Wildman–Crippen MR) is 65.4 cm³/mol. The molecule has 0 aliphatic heterocycles. The highest BCUT2D eigenvalue weighted by atomic mass is 35.5. The van der Waals surface area contributed by atoms with E-state index in [-0.39, 0.29) is 17.4 Å². The Hall–Kier alpha value is -0.620. The smallest absolute Gasteiger partial charge is 0.240 e. The number of halogens is 1. The van der Waals surface area contributed by atoms with E-state index in [1.165, 1.54) is 24.3 Å². The van der Waals surface area contributed by atoms with Crippen molar-refractivity contribution < 1.29 is 13.5 Å². The molecule has 0 spiro atoms. The molecule has 2 N–H and O–H groups in total. The highest BCUT2D eigenvalue weighted by Crippen LogP contribution is 2.32. The van der Waals surface area contributed by atoms with E-state index >= 15 is 0 Å². The fourth-order valence-electron chi connectivity index (χ4n) is 1.54. The van der Waals surface area contributed by atoms with Gasteiger partial charge in [-0.05, 0) is 43.0 Å². The van der Waals surface area contributed by atoms with Crippen molar-refractivity contribution in [2.45, 2.75) is 23.8 Å². The van der Waals surface area contributed by atoms with E-state index < -0.39 is 16.1 Å². The monoisotopic (exact) mass is 275 g/mol. The molecule has 2 rings (SSSR count). The molecule has 4 nitrogen and oxygen atoms in total. The van der Waals surface area contributed by atoms with Gasteiger partial charge in [0.25, 0.3) is 0 Å². The summed E-state index contributed by atoms with van der Waals surface area (Å²) in [4.78, 5) is 0.157. The molecule has 94 valence electrons.